The van der Waals surface area contributed by atoms with E-state index in [1.807, 2.05) is 37.3 Å². The van der Waals surface area contributed by atoms with Crippen LogP contribution in [0.3, 0.4) is 0 Å². The third-order valence-corrected chi connectivity index (χ3v) is 9.41. The van der Waals surface area contributed by atoms with Gasteiger partial charge >= 0.3 is 0 Å². The Hall–Kier alpha value is -0.723. The van der Waals surface area contributed by atoms with Crippen molar-refractivity contribution in [3.8, 4) is 0 Å². The molecule has 1 aromatic carbocycles. The summed E-state index contributed by atoms with van der Waals surface area (Å²) in [5.74, 6) is 0. The molecule has 3 atom stereocenters. The maximum atomic E-state index is 9.86. The number of aliphatic hydroxyl groups is 2. The Bertz CT molecular complexity index is 470. The lowest BCUT2D eigenvalue weighted by atomic mass is 10.1. The smallest absolute Gasteiger partial charge is 0.192 e. The van der Waals surface area contributed by atoms with E-state index in [0.29, 0.717) is 13.0 Å². The number of aliphatic hydroxyl groups excluding tert-OH is 2. The van der Waals surface area contributed by atoms with Crippen molar-refractivity contribution in [1.82, 2.24) is 0 Å². The maximum Gasteiger partial charge on any atom is 0.192 e. The minimum atomic E-state index is -1.92. The monoisotopic (exact) mass is 354 g/mol. The zero-order valence-corrected chi connectivity index (χ0v) is 17.0. The lowest BCUT2D eigenvalue weighted by Crippen LogP contribution is -2.47. The van der Waals surface area contributed by atoms with E-state index in [9.17, 15) is 10.2 Å². The fourth-order valence-electron chi connectivity index (χ4n) is 2.23. The van der Waals surface area contributed by atoms with E-state index < -0.39 is 14.4 Å². The van der Waals surface area contributed by atoms with E-state index in [1.54, 1.807) is 0 Å². The number of rotatable bonds is 9. The van der Waals surface area contributed by atoms with Crippen molar-refractivity contribution in [2.75, 3.05) is 6.61 Å². The molecule has 0 unspecified atom stereocenters. The molecule has 0 amide bonds. The van der Waals surface area contributed by atoms with Gasteiger partial charge in [0.25, 0.3) is 0 Å². The van der Waals surface area contributed by atoms with Crippen LogP contribution in [-0.4, -0.2) is 43.4 Å². The Morgan fingerprint density at radius 2 is 1.71 bits per heavy atom. The van der Waals surface area contributed by atoms with Crippen LogP contribution < -0.4 is 0 Å². The quantitative estimate of drug-likeness (QED) is 0.664. The molecule has 1 rings (SSSR count). The molecule has 24 heavy (non-hydrogen) atoms. The fourth-order valence-corrected chi connectivity index (χ4v) is 3.67. The van der Waals surface area contributed by atoms with Crippen LogP contribution in [0.2, 0.25) is 18.1 Å². The Labute approximate surface area is 147 Å². The predicted molar refractivity (Wildman–Crippen MR) is 100 cm³/mol. The van der Waals surface area contributed by atoms with Gasteiger partial charge in [-0.2, -0.15) is 0 Å². The summed E-state index contributed by atoms with van der Waals surface area (Å²) >= 11 is 0. The highest BCUT2D eigenvalue weighted by Gasteiger charge is 2.40. The molecule has 0 aliphatic rings. The largest absolute Gasteiger partial charge is 0.412 e. The van der Waals surface area contributed by atoms with Gasteiger partial charge in [0.15, 0.2) is 8.32 Å². The van der Waals surface area contributed by atoms with Crippen LogP contribution >= 0.6 is 0 Å². The van der Waals surface area contributed by atoms with Crippen molar-refractivity contribution >= 4 is 8.32 Å². The summed E-state index contributed by atoms with van der Waals surface area (Å²) in [7, 11) is -1.92. The number of ether oxygens (including phenoxy) is 1. The van der Waals surface area contributed by atoms with E-state index in [-0.39, 0.29) is 23.9 Å². The SMILES string of the molecule is C[C@H](O[Si](C)(C)C(C)(C)C)[C@@H](C[C@H](O)CO)OCc1ccccc1. The molecule has 5 heteroatoms. The van der Waals surface area contributed by atoms with Gasteiger partial charge in [0, 0.05) is 6.42 Å². The molecule has 1 aromatic rings. The van der Waals surface area contributed by atoms with E-state index in [1.165, 1.54) is 0 Å². The molecule has 4 nitrogen and oxygen atoms in total. The van der Waals surface area contributed by atoms with Crippen molar-refractivity contribution < 1.29 is 19.4 Å². The first-order valence-electron chi connectivity index (χ1n) is 8.69. The van der Waals surface area contributed by atoms with Crippen molar-refractivity contribution in [2.24, 2.45) is 0 Å². The molecule has 0 fully saturated rings. The molecule has 0 saturated heterocycles. The second-order valence-corrected chi connectivity index (χ2v) is 12.7. The molecule has 0 bridgehead atoms. The van der Waals surface area contributed by atoms with E-state index in [0.717, 1.165) is 5.56 Å². The molecular weight excluding hydrogens is 320 g/mol. The molecule has 0 aliphatic carbocycles. The molecule has 0 heterocycles. The molecule has 2 N–H and O–H groups in total. The number of hydrogen-bond acceptors (Lipinski definition) is 4. The van der Waals surface area contributed by atoms with Gasteiger partial charge in [-0.25, -0.2) is 0 Å². The Morgan fingerprint density at radius 1 is 1.12 bits per heavy atom. The summed E-state index contributed by atoms with van der Waals surface area (Å²) in [6.07, 6.45) is -0.840. The van der Waals surface area contributed by atoms with Gasteiger partial charge in [-0.15, -0.1) is 0 Å². The average Bonchev–Trinajstić information content (AvgIpc) is 2.50. The van der Waals surface area contributed by atoms with E-state index in [2.05, 4.69) is 33.9 Å². The maximum absolute atomic E-state index is 9.86. The Balaban J connectivity index is 2.76. The molecule has 0 aliphatic heterocycles. The van der Waals surface area contributed by atoms with Crippen molar-refractivity contribution in [3.05, 3.63) is 35.9 Å². The minimum Gasteiger partial charge on any atom is -0.412 e. The third kappa shape index (κ3) is 6.65. The first-order valence-corrected chi connectivity index (χ1v) is 11.6. The van der Waals surface area contributed by atoms with Crippen LogP contribution in [-0.2, 0) is 15.8 Å². The molecule has 0 spiro atoms. The summed E-state index contributed by atoms with van der Waals surface area (Å²) in [5, 5.41) is 19.1. The van der Waals surface area contributed by atoms with Crippen LogP contribution in [0.25, 0.3) is 0 Å². The van der Waals surface area contributed by atoms with Gasteiger partial charge in [0.05, 0.1) is 31.5 Å². The Kier molecular flexibility index (Phi) is 8.09. The van der Waals surface area contributed by atoms with Gasteiger partial charge < -0.3 is 19.4 Å². The summed E-state index contributed by atoms with van der Waals surface area (Å²) in [5.41, 5.74) is 1.08. The molecule has 0 aromatic heterocycles. The third-order valence-electron chi connectivity index (χ3n) is 4.83. The van der Waals surface area contributed by atoms with Crippen molar-refractivity contribution in [2.45, 2.75) is 77.2 Å². The van der Waals surface area contributed by atoms with Crippen molar-refractivity contribution in [1.29, 1.82) is 0 Å². The van der Waals surface area contributed by atoms with Crippen LogP contribution in [0.1, 0.15) is 39.7 Å². The zero-order valence-electron chi connectivity index (χ0n) is 16.0. The fraction of sp³-hybridized carbons (Fsp3) is 0.684. The second kappa shape index (κ2) is 9.11. The van der Waals surface area contributed by atoms with Crippen LogP contribution in [0.5, 0.6) is 0 Å². The highest BCUT2D eigenvalue weighted by Crippen LogP contribution is 2.38. The zero-order chi connectivity index (χ0) is 18.4. The number of hydrogen-bond donors (Lipinski definition) is 2. The van der Waals surface area contributed by atoms with Crippen LogP contribution in [0.15, 0.2) is 30.3 Å². The average molecular weight is 355 g/mol. The van der Waals surface area contributed by atoms with Gasteiger partial charge in [-0.3, -0.25) is 0 Å². The summed E-state index contributed by atoms with van der Waals surface area (Å²) in [6.45, 7) is 13.2. The first-order chi connectivity index (χ1) is 11.1. The second-order valence-electron chi connectivity index (χ2n) is 7.99. The molecule has 138 valence electrons. The van der Waals surface area contributed by atoms with E-state index in [4.69, 9.17) is 9.16 Å². The summed E-state index contributed by atoms with van der Waals surface area (Å²) in [6, 6.07) is 9.95. The van der Waals surface area contributed by atoms with Gasteiger partial charge in [0.2, 0.25) is 0 Å². The highest BCUT2D eigenvalue weighted by atomic mass is 28.4. The van der Waals surface area contributed by atoms with Crippen LogP contribution in [0, 0.1) is 0 Å². The first kappa shape index (κ1) is 21.3. The summed E-state index contributed by atoms with van der Waals surface area (Å²) in [4.78, 5) is 0. The topological polar surface area (TPSA) is 58.9 Å². The molecule has 0 saturated carbocycles. The standard InChI is InChI=1S/C19H34O4Si/c1-15(23-24(5,6)19(2,3)4)18(12-17(21)13-20)22-14-16-10-8-7-9-11-16/h7-11,15,17-18,20-21H,12-14H2,1-6H3/t15-,17-,18+/m0/s1. The minimum absolute atomic E-state index is 0.112. The van der Waals surface area contributed by atoms with E-state index >= 15 is 0 Å². The van der Waals surface area contributed by atoms with Crippen LogP contribution in [0.4, 0.5) is 0 Å². The summed E-state index contributed by atoms with van der Waals surface area (Å²) < 4.78 is 12.5. The highest BCUT2D eigenvalue weighted by molar-refractivity contribution is 6.74. The van der Waals surface area contributed by atoms with Gasteiger partial charge in [-0.05, 0) is 30.6 Å². The van der Waals surface area contributed by atoms with Gasteiger partial charge in [0.1, 0.15) is 0 Å². The van der Waals surface area contributed by atoms with Gasteiger partial charge in [-0.1, -0.05) is 51.1 Å². The number of benzene rings is 1. The molecular formula is C19H34O4Si. The Morgan fingerprint density at radius 3 is 2.21 bits per heavy atom. The lowest BCUT2D eigenvalue weighted by Gasteiger charge is -2.40. The lowest BCUT2D eigenvalue weighted by molar-refractivity contribution is -0.0624. The predicted octanol–water partition coefficient (Wildman–Crippen LogP) is 3.73. The molecule has 0 radical (unpaired) electrons. The van der Waals surface area contributed by atoms with Crippen molar-refractivity contribution in [3.63, 3.8) is 0 Å². The normalized spacial score (nSPS) is 16.7.